The largest absolute Gasteiger partial charge is 0.496 e. The van der Waals surface area contributed by atoms with Gasteiger partial charge in [-0.25, -0.2) is 0 Å². The lowest BCUT2D eigenvalue weighted by molar-refractivity contribution is 0.192. The van der Waals surface area contributed by atoms with Gasteiger partial charge in [-0.05, 0) is 51.2 Å². The average molecular weight is 463 g/mol. The monoisotopic (exact) mass is 463 g/mol. The molecule has 5 nitrogen and oxygen atoms in total. The summed E-state index contributed by atoms with van der Waals surface area (Å²) < 4.78 is 10.5. The summed E-state index contributed by atoms with van der Waals surface area (Å²) in [7, 11) is 3.46. The van der Waals surface area contributed by atoms with Crippen LogP contribution in [-0.2, 0) is 11.2 Å². The Kier molecular flexibility index (Phi) is 14.6. The van der Waals surface area contributed by atoms with Gasteiger partial charge in [0.15, 0.2) is 5.96 Å². The minimum absolute atomic E-state index is 0. The first-order valence-electron chi connectivity index (χ1n) is 8.85. The fourth-order valence-corrected chi connectivity index (χ4v) is 2.49. The molecule has 144 valence electrons. The summed E-state index contributed by atoms with van der Waals surface area (Å²) in [6, 6.07) is 6.29. The molecule has 0 unspecified atom stereocenters. The van der Waals surface area contributed by atoms with Crippen LogP contribution in [0.3, 0.4) is 0 Å². The highest BCUT2D eigenvalue weighted by Gasteiger charge is 2.04. The lowest BCUT2D eigenvalue weighted by atomic mass is 10.1. The molecule has 25 heavy (non-hydrogen) atoms. The second-order valence-electron chi connectivity index (χ2n) is 5.81. The molecule has 0 heterocycles. The van der Waals surface area contributed by atoms with Crippen molar-refractivity contribution in [1.82, 2.24) is 10.6 Å². The number of ether oxygens (including phenoxy) is 2. The summed E-state index contributed by atoms with van der Waals surface area (Å²) >= 11 is 0. The highest BCUT2D eigenvalue weighted by Crippen LogP contribution is 2.19. The minimum atomic E-state index is 0. The molecule has 0 radical (unpaired) electrons. The SMILES string of the molecule is CCNC(=NCCCCCOC)NCCc1cc(C)ccc1OC.I. The highest BCUT2D eigenvalue weighted by atomic mass is 127. The molecular weight excluding hydrogens is 429 g/mol. The normalized spacial score (nSPS) is 11.0. The van der Waals surface area contributed by atoms with Gasteiger partial charge in [0, 0.05) is 33.4 Å². The van der Waals surface area contributed by atoms with Crippen LogP contribution in [0, 0.1) is 6.92 Å². The van der Waals surface area contributed by atoms with E-state index in [1.165, 1.54) is 11.1 Å². The quantitative estimate of drug-likeness (QED) is 0.228. The number of guanidine groups is 1. The fourth-order valence-electron chi connectivity index (χ4n) is 2.49. The number of aryl methyl sites for hydroxylation is 1. The molecule has 2 N–H and O–H groups in total. The molecule has 0 aromatic heterocycles. The van der Waals surface area contributed by atoms with E-state index in [-0.39, 0.29) is 24.0 Å². The second kappa shape index (κ2) is 15.3. The van der Waals surface area contributed by atoms with Crippen LogP contribution in [0.1, 0.15) is 37.3 Å². The zero-order valence-electron chi connectivity index (χ0n) is 16.1. The zero-order chi connectivity index (χ0) is 17.6. The fraction of sp³-hybridized carbons (Fsp3) is 0.632. The van der Waals surface area contributed by atoms with Gasteiger partial charge in [-0.3, -0.25) is 4.99 Å². The Labute approximate surface area is 170 Å². The van der Waals surface area contributed by atoms with Gasteiger partial charge in [-0.15, -0.1) is 24.0 Å². The van der Waals surface area contributed by atoms with Gasteiger partial charge in [-0.2, -0.15) is 0 Å². The molecule has 6 heteroatoms. The van der Waals surface area contributed by atoms with Crippen molar-refractivity contribution < 1.29 is 9.47 Å². The van der Waals surface area contributed by atoms with Crippen molar-refractivity contribution in [1.29, 1.82) is 0 Å². The van der Waals surface area contributed by atoms with E-state index in [0.717, 1.165) is 63.6 Å². The summed E-state index contributed by atoms with van der Waals surface area (Å²) in [6.07, 6.45) is 4.25. The topological polar surface area (TPSA) is 54.9 Å². The van der Waals surface area contributed by atoms with Crippen LogP contribution in [0.15, 0.2) is 23.2 Å². The van der Waals surface area contributed by atoms with Crippen molar-refractivity contribution in [3.63, 3.8) is 0 Å². The van der Waals surface area contributed by atoms with E-state index in [0.29, 0.717) is 0 Å². The van der Waals surface area contributed by atoms with E-state index >= 15 is 0 Å². The molecule has 0 atom stereocenters. The van der Waals surface area contributed by atoms with E-state index in [1.54, 1.807) is 14.2 Å². The van der Waals surface area contributed by atoms with Gasteiger partial charge in [0.25, 0.3) is 0 Å². The van der Waals surface area contributed by atoms with Gasteiger partial charge in [0.05, 0.1) is 7.11 Å². The number of halogens is 1. The molecule has 0 aliphatic carbocycles. The van der Waals surface area contributed by atoms with Crippen LogP contribution in [0.25, 0.3) is 0 Å². The van der Waals surface area contributed by atoms with Crippen LogP contribution in [0.4, 0.5) is 0 Å². The Morgan fingerprint density at radius 3 is 2.60 bits per heavy atom. The molecule has 0 fully saturated rings. The van der Waals surface area contributed by atoms with Crippen LogP contribution in [-0.4, -0.2) is 46.4 Å². The first-order chi connectivity index (χ1) is 11.7. The predicted molar refractivity (Wildman–Crippen MR) is 117 cm³/mol. The summed E-state index contributed by atoms with van der Waals surface area (Å²) in [5.74, 6) is 1.83. The molecule has 0 aliphatic heterocycles. The number of nitrogens with zero attached hydrogens (tertiary/aromatic N) is 1. The molecule has 0 saturated carbocycles. The molecular formula is C19H34IN3O2. The first-order valence-corrected chi connectivity index (χ1v) is 8.85. The lowest BCUT2D eigenvalue weighted by Gasteiger charge is -2.13. The van der Waals surface area contributed by atoms with Crippen LogP contribution < -0.4 is 15.4 Å². The summed E-state index contributed by atoms with van der Waals surface area (Å²) in [5, 5.41) is 6.69. The number of hydrogen-bond acceptors (Lipinski definition) is 3. The molecule has 0 saturated heterocycles. The second-order valence-corrected chi connectivity index (χ2v) is 5.81. The third-order valence-electron chi connectivity index (χ3n) is 3.74. The Balaban J connectivity index is 0.00000576. The Bertz CT molecular complexity index is 496. The standard InChI is InChI=1S/C19H33N3O2.HI/c1-5-20-19(21-12-7-6-8-14-23-3)22-13-11-17-15-16(2)9-10-18(17)24-4;/h9-10,15H,5-8,11-14H2,1-4H3,(H2,20,21,22);1H. The van der Waals surface area contributed by atoms with Crippen molar-refractivity contribution in [2.75, 3.05) is 40.5 Å². The van der Waals surface area contributed by atoms with Gasteiger partial charge in [-0.1, -0.05) is 17.7 Å². The van der Waals surface area contributed by atoms with E-state index in [1.807, 2.05) is 6.07 Å². The average Bonchev–Trinajstić information content (AvgIpc) is 2.58. The summed E-state index contributed by atoms with van der Waals surface area (Å²) in [5.41, 5.74) is 2.47. The molecule has 0 bridgehead atoms. The number of methoxy groups -OCH3 is 2. The van der Waals surface area contributed by atoms with E-state index < -0.39 is 0 Å². The lowest BCUT2D eigenvalue weighted by Crippen LogP contribution is -2.38. The predicted octanol–water partition coefficient (Wildman–Crippen LogP) is 3.54. The van der Waals surface area contributed by atoms with Crippen molar-refractivity contribution in [2.24, 2.45) is 4.99 Å². The number of hydrogen-bond donors (Lipinski definition) is 2. The van der Waals surface area contributed by atoms with E-state index in [4.69, 9.17) is 9.47 Å². The molecule has 1 aromatic rings. The third-order valence-corrected chi connectivity index (χ3v) is 3.74. The summed E-state index contributed by atoms with van der Waals surface area (Å²) in [4.78, 5) is 4.62. The minimum Gasteiger partial charge on any atom is -0.496 e. The van der Waals surface area contributed by atoms with Crippen LogP contribution in [0.2, 0.25) is 0 Å². The highest BCUT2D eigenvalue weighted by molar-refractivity contribution is 14.0. The van der Waals surface area contributed by atoms with Crippen molar-refractivity contribution in [3.8, 4) is 5.75 Å². The number of aliphatic imine (C=N–C) groups is 1. The number of benzene rings is 1. The smallest absolute Gasteiger partial charge is 0.191 e. The Morgan fingerprint density at radius 1 is 1.12 bits per heavy atom. The summed E-state index contributed by atoms with van der Waals surface area (Å²) in [6.45, 7) is 7.55. The first kappa shape index (κ1) is 24.0. The zero-order valence-corrected chi connectivity index (χ0v) is 18.4. The van der Waals surface area contributed by atoms with Crippen LogP contribution in [0.5, 0.6) is 5.75 Å². The van der Waals surface area contributed by atoms with Crippen molar-refractivity contribution >= 4 is 29.9 Å². The maximum absolute atomic E-state index is 5.43. The molecule has 1 rings (SSSR count). The van der Waals surface area contributed by atoms with Gasteiger partial charge >= 0.3 is 0 Å². The van der Waals surface area contributed by atoms with Crippen molar-refractivity contribution in [3.05, 3.63) is 29.3 Å². The maximum atomic E-state index is 5.43. The molecule has 0 spiro atoms. The molecule has 0 aliphatic rings. The van der Waals surface area contributed by atoms with Crippen molar-refractivity contribution in [2.45, 2.75) is 39.5 Å². The maximum Gasteiger partial charge on any atom is 0.191 e. The Hall–Kier alpha value is -1.02. The van der Waals surface area contributed by atoms with E-state index in [9.17, 15) is 0 Å². The van der Waals surface area contributed by atoms with Crippen LogP contribution >= 0.6 is 24.0 Å². The van der Waals surface area contributed by atoms with Gasteiger partial charge < -0.3 is 20.1 Å². The molecule has 0 amide bonds. The Morgan fingerprint density at radius 2 is 1.92 bits per heavy atom. The number of nitrogens with one attached hydrogen (secondary N) is 2. The third kappa shape index (κ3) is 10.5. The molecule has 1 aromatic carbocycles. The van der Waals surface area contributed by atoms with Gasteiger partial charge in [0.1, 0.15) is 5.75 Å². The van der Waals surface area contributed by atoms with E-state index in [2.05, 4.69) is 41.6 Å². The van der Waals surface area contributed by atoms with Gasteiger partial charge in [0.2, 0.25) is 0 Å². The number of unbranched alkanes of at least 4 members (excludes halogenated alkanes) is 2. The number of rotatable bonds is 11.